The molecule has 1 saturated carbocycles. The van der Waals surface area contributed by atoms with E-state index in [-0.39, 0.29) is 0 Å². The molecule has 0 bridgehead atoms. The van der Waals surface area contributed by atoms with Crippen LogP contribution in [0.4, 0.5) is 0 Å². The van der Waals surface area contributed by atoms with Crippen molar-refractivity contribution in [3.8, 4) is 0 Å². The molecule has 0 unspecified atom stereocenters. The van der Waals surface area contributed by atoms with E-state index in [4.69, 9.17) is 11.6 Å². The van der Waals surface area contributed by atoms with Gasteiger partial charge >= 0.3 is 92.6 Å². The van der Waals surface area contributed by atoms with E-state index < -0.39 is 18.4 Å². The Hall–Kier alpha value is 1.09. The molecule has 1 aliphatic carbocycles. The van der Waals surface area contributed by atoms with Crippen molar-refractivity contribution in [2.75, 3.05) is 0 Å². The summed E-state index contributed by atoms with van der Waals surface area (Å²) >= 11 is 4.91. The molecule has 0 amide bonds. The van der Waals surface area contributed by atoms with Gasteiger partial charge in [0.15, 0.2) is 0 Å². The molecule has 1 rings (SSSR count). The second kappa shape index (κ2) is 3.92. The van der Waals surface area contributed by atoms with Crippen molar-refractivity contribution in [1.29, 1.82) is 0 Å². The van der Waals surface area contributed by atoms with Crippen LogP contribution in [0.15, 0.2) is 0 Å². The van der Waals surface area contributed by atoms with E-state index in [1.54, 1.807) is 0 Å². The van der Waals surface area contributed by atoms with Crippen LogP contribution in [-0.4, -0.2) is 23.8 Å². The predicted octanol–water partition coefficient (Wildman–Crippen LogP) is 4.37. The zero-order valence-corrected chi connectivity index (χ0v) is 13.3. The van der Waals surface area contributed by atoms with Gasteiger partial charge in [0, 0.05) is 0 Å². The van der Waals surface area contributed by atoms with Crippen molar-refractivity contribution in [3.05, 3.63) is 0 Å². The van der Waals surface area contributed by atoms with Crippen molar-refractivity contribution in [2.45, 2.75) is 51.3 Å². The van der Waals surface area contributed by atoms with Gasteiger partial charge in [0.25, 0.3) is 0 Å². The molecule has 2 atom stereocenters. The first-order valence-corrected chi connectivity index (χ1v) is 16.4. The van der Waals surface area contributed by atoms with E-state index in [2.05, 4.69) is 28.7 Å². The molecular weight excluding hydrogens is 286 g/mol. The molecular formula is C11H23ClSn. The van der Waals surface area contributed by atoms with Crippen molar-refractivity contribution in [3.63, 3.8) is 0 Å². The van der Waals surface area contributed by atoms with Gasteiger partial charge in [-0.3, -0.25) is 0 Å². The van der Waals surface area contributed by atoms with Gasteiger partial charge in [-0.1, -0.05) is 0 Å². The van der Waals surface area contributed by atoms with Crippen LogP contribution >= 0.6 is 11.6 Å². The third-order valence-electron chi connectivity index (χ3n) is 3.19. The van der Waals surface area contributed by atoms with Gasteiger partial charge in [0.2, 0.25) is 0 Å². The summed E-state index contributed by atoms with van der Waals surface area (Å²) in [7, 11) is 0. The quantitative estimate of drug-likeness (QED) is 0.525. The number of hydrogen-bond donors (Lipinski definition) is 0. The van der Waals surface area contributed by atoms with Crippen LogP contribution in [0.1, 0.15) is 26.7 Å². The first kappa shape index (κ1) is 12.2. The predicted molar refractivity (Wildman–Crippen MR) is 64.3 cm³/mol. The number of alkyl halides is 1. The molecule has 0 aromatic rings. The van der Waals surface area contributed by atoms with Crippen LogP contribution in [0, 0.1) is 11.3 Å². The Morgan fingerprint density at radius 2 is 1.85 bits per heavy atom. The Morgan fingerprint density at radius 3 is 2.15 bits per heavy atom. The summed E-state index contributed by atoms with van der Waals surface area (Å²) in [6.45, 7) is 4.64. The average molecular weight is 309 g/mol. The summed E-state index contributed by atoms with van der Waals surface area (Å²) in [5.41, 5.74) is 0.392. The minimum atomic E-state index is -1.60. The number of halogens is 1. The monoisotopic (exact) mass is 310 g/mol. The summed E-state index contributed by atoms with van der Waals surface area (Å²) in [6, 6.07) is 0. The Kier molecular flexibility index (Phi) is 3.67. The summed E-state index contributed by atoms with van der Waals surface area (Å²) < 4.78 is 1.48. The summed E-state index contributed by atoms with van der Waals surface area (Å²) in [5.74, 6) is 0.826. The first-order valence-electron chi connectivity index (χ1n) is 5.36. The van der Waals surface area contributed by atoms with Crippen LogP contribution in [0.5, 0.6) is 0 Å². The third kappa shape index (κ3) is 3.30. The fourth-order valence-corrected chi connectivity index (χ4v) is 8.97. The average Bonchev–Trinajstić information content (AvgIpc) is 2.13. The summed E-state index contributed by atoms with van der Waals surface area (Å²) in [4.78, 5) is 7.55. The van der Waals surface area contributed by atoms with E-state index in [1.807, 2.05) is 0 Å². The number of rotatable bonds is 2. The fourth-order valence-electron chi connectivity index (χ4n) is 2.47. The van der Waals surface area contributed by atoms with Crippen LogP contribution in [0.25, 0.3) is 0 Å². The molecule has 78 valence electrons. The molecule has 1 fully saturated rings. The molecule has 0 spiro atoms. The van der Waals surface area contributed by atoms with Crippen molar-refractivity contribution in [2.24, 2.45) is 11.3 Å². The molecule has 0 heterocycles. The van der Waals surface area contributed by atoms with E-state index in [0.717, 1.165) is 5.92 Å². The molecule has 2 heteroatoms. The Labute approximate surface area is 92.3 Å². The maximum atomic E-state index is 6.51. The third-order valence-corrected chi connectivity index (χ3v) is 9.13. The van der Waals surface area contributed by atoms with Gasteiger partial charge in [0.05, 0.1) is 0 Å². The van der Waals surface area contributed by atoms with Crippen LogP contribution in [-0.2, 0) is 0 Å². The fraction of sp³-hybridized carbons (Fsp3) is 1.00. The molecule has 0 saturated heterocycles. The van der Waals surface area contributed by atoms with Gasteiger partial charge < -0.3 is 0 Å². The van der Waals surface area contributed by atoms with Crippen molar-refractivity contribution in [1.82, 2.24) is 0 Å². The van der Waals surface area contributed by atoms with Gasteiger partial charge in [-0.05, 0) is 0 Å². The van der Waals surface area contributed by atoms with Crippen LogP contribution < -0.4 is 0 Å². The normalized spacial score (nSPS) is 33.7. The first-order chi connectivity index (χ1) is 5.72. The molecule has 1 aliphatic rings. The van der Waals surface area contributed by atoms with Crippen molar-refractivity contribution < 1.29 is 0 Å². The second-order valence-corrected chi connectivity index (χ2v) is 22.7. The maximum absolute atomic E-state index is 6.51. The molecule has 0 aromatic heterocycles. The van der Waals surface area contributed by atoms with Gasteiger partial charge in [-0.2, -0.15) is 0 Å². The van der Waals surface area contributed by atoms with Gasteiger partial charge in [0.1, 0.15) is 0 Å². The molecule has 0 radical (unpaired) electrons. The summed E-state index contributed by atoms with van der Waals surface area (Å²) in [5, 5.41) is 0.434. The van der Waals surface area contributed by atoms with Gasteiger partial charge in [-0.25, -0.2) is 0 Å². The van der Waals surface area contributed by atoms with E-state index in [9.17, 15) is 0 Å². The second-order valence-electron chi connectivity index (χ2n) is 6.45. The Balaban J connectivity index is 2.56. The zero-order valence-electron chi connectivity index (χ0n) is 9.65. The molecule has 0 N–H and O–H groups in total. The van der Waals surface area contributed by atoms with E-state index in [0.29, 0.717) is 10.8 Å². The summed E-state index contributed by atoms with van der Waals surface area (Å²) in [6.07, 6.45) is 2.70. The van der Waals surface area contributed by atoms with Gasteiger partial charge in [-0.15, -0.1) is 0 Å². The molecule has 0 aromatic carbocycles. The zero-order chi connectivity index (χ0) is 10.3. The SMILES string of the molecule is CC1(C)CC[C@@H]([CH2][Sn]([CH3])([CH3])[CH3])[C@@H]1Cl. The van der Waals surface area contributed by atoms with E-state index in [1.165, 1.54) is 17.3 Å². The van der Waals surface area contributed by atoms with E-state index >= 15 is 0 Å². The van der Waals surface area contributed by atoms with Crippen molar-refractivity contribution >= 4 is 30.0 Å². The Bertz CT molecular complexity index is 181. The van der Waals surface area contributed by atoms with Crippen LogP contribution in [0.2, 0.25) is 19.3 Å². The molecule has 0 aliphatic heterocycles. The van der Waals surface area contributed by atoms with Crippen LogP contribution in [0.3, 0.4) is 0 Å². The number of hydrogen-bond acceptors (Lipinski definition) is 0. The molecule has 0 nitrogen and oxygen atoms in total. The Morgan fingerprint density at radius 1 is 1.31 bits per heavy atom. The topological polar surface area (TPSA) is 0 Å². The standard InChI is InChI=1S/C8H14Cl.3CH3.Sn/c1-6-4-5-8(2,3)7(6)9;;;;/h6-7H,1,4-5H2,2-3H3;3*1H3;/t6-,7+;;;;/m1..../s1. The minimum absolute atomic E-state index is 0.392. The molecule has 13 heavy (non-hydrogen) atoms.